The van der Waals surface area contributed by atoms with Crippen LogP contribution in [0.5, 0.6) is 5.75 Å². The monoisotopic (exact) mass is 244 g/mol. The lowest BCUT2D eigenvalue weighted by molar-refractivity contribution is -0.177. The van der Waals surface area contributed by atoms with Gasteiger partial charge in [-0.1, -0.05) is 25.1 Å². The van der Waals surface area contributed by atoms with Crippen molar-refractivity contribution >= 4 is 11.8 Å². The number of benzene rings is 1. The molecule has 0 bridgehead atoms. The maximum absolute atomic E-state index is 11.7. The number of hydrogen-bond acceptors (Lipinski definition) is 4. The van der Waals surface area contributed by atoms with Crippen molar-refractivity contribution < 1.29 is 14.3 Å². The molecule has 0 spiro atoms. The average Bonchev–Trinajstić information content (AvgIpc) is 2.40. The summed E-state index contributed by atoms with van der Waals surface area (Å²) in [6.07, 6.45) is 2.26. The third-order valence-electron chi connectivity index (χ3n) is 2.99. The zero-order chi connectivity index (χ0) is 13.3. The Labute approximate surface area is 105 Å². The van der Waals surface area contributed by atoms with Crippen molar-refractivity contribution in [1.82, 2.24) is 4.90 Å². The second-order valence-electron chi connectivity index (χ2n) is 4.14. The minimum Gasteiger partial charge on any atom is -0.467 e. The van der Waals surface area contributed by atoms with E-state index in [4.69, 9.17) is 10.00 Å². The number of para-hydroxylation sites is 1. The summed E-state index contributed by atoms with van der Waals surface area (Å²) in [4.78, 5) is 23.9. The van der Waals surface area contributed by atoms with Crippen LogP contribution in [0.25, 0.3) is 0 Å². The molecular formula is C13H12N2O3. The van der Waals surface area contributed by atoms with Crippen LogP contribution in [-0.2, 0) is 16.0 Å². The molecule has 1 aliphatic rings. The van der Waals surface area contributed by atoms with Crippen molar-refractivity contribution in [1.29, 1.82) is 5.26 Å². The van der Waals surface area contributed by atoms with Crippen LogP contribution in [0, 0.1) is 11.5 Å². The van der Waals surface area contributed by atoms with E-state index in [-0.39, 0.29) is 0 Å². The average molecular weight is 244 g/mol. The largest absolute Gasteiger partial charge is 0.467 e. The number of imide groups is 1. The number of aryl methyl sites for hydroxylation is 1. The molecule has 2 rings (SSSR count). The number of nitrogens with zero attached hydrogens (tertiary/aromatic N) is 2. The number of likely N-dealkylation sites (tertiary alicyclic amines) is 1. The van der Waals surface area contributed by atoms with Gasteiger partial charge in [-0.15, -0.1) is 0 Å². The van der Waals surface area contributed by atoms with E-state index < -0.39 is 17.4 Å². The summed E-state index contributed by atoms with van der Waals surface area (Å²) in [5.41, 5.74) is -0.657. The highest BCUT2D eigenvalue weighted by Crippen LogP contribution is 2.31. The van der Waals surface area contributed by atoms with Crippen LogP contribution in [0.2, 0.25) is 0 Å². The van der Waals surface area contributed by atoms with Crippen LogP contribution in [0.1, 0.15) is 19.4 Å². The van der Waals surface area contributed by atoms with Gasteiger partial charge in [0, 0.05) is 0 Å². The lowest BCUT2D eigenvalue weighted by Gasteiger charge is -2.39. The van der Waals surface area contributed by atoms with Crippen molar-refractivity contribution in [2.45, 2.75) is 25.9 Å². The normalized spacial score (nSPS) is 17.1. The van der Waals surface area contributed by atoms with Gasteiger partial charge in [-0.3, -0.25) is 9.59 Å². The quantitative estimate of drug-likeness (QED) is 0.455. The third kappa shape index (κ3) is 1.54. The molecule has 1 aliphatic heterocycles. The molecule has 18 heavy (non-hydrogen) atoms. The Morgan fingerprint density at radius 3 is 2.50 bits per heavy atom. The Hall–Kier alpha value is -2.35. The lowest BCUT2D eigenvalue weighted by atomic mass is 9.94. The Kier molecular flexibility index (Phi) is 2.79. The fourth-order valence-electron chi connectivity index (χ4n) is 1.85. The van der Waals surface area contributed by atoms with Crippen LogP contribution < -0.4 is 4.74 Å². The van der Waals surface area contributed by atoms with Crippen LogP contribution in [0.3, 0.4) is 0 Å². The summed E-state index contributed by atoms with van der Waals surface area (Å²) < 4.78 is 5.52. The molecular weight excluding hydrogens is 232 g/mol. The maximum atomic E-state index is 11.7. The first-order valence-corrected chi connectivity index (χ1v) is 5.60. The van der Waals surface area contributed by atoms with Gasteiger partial charge in [-0.05, 0) is 25.0 Å². The summed E-state index contributed by atoms with van der Waals surface area (Å²) in [5.74, 6) is -0.747. The Bertz CT molecular complexity index is 544. The van der Waals surface area contributed by atoms with E-state index in [1.54, 1.807) is 12.1 Å². The number of carbonyl (C=O) groups excluding carboxylic acids is 2. The summed E-state index contributed by atoms with van der Waals surface area (Å²) in [6, 6.07) is 7.21. The van der Waals surface area contributed by atoms with E-state index >= 15 is 0 Å². The van der Waals surface area contributed by atoms with Gasteiger partial charge in [0.15, 0.2) is 6.19 Å². The summed E-state index contributed by atoms with van der Waals surface area (Å²) >= 11 is 0. The maximum Gasteiger partial charge on any atom is 0.296 e. The van der Waals surface area contributed by atoms with E-state index in [1.807, 2.05) is 19.1 Å². The van der Waals surface area contributed by atoms with E-state index in [9.17, 15) is 9.59 Å². The molecule has 0 atom stereocenters. The van der Waals surface area contributed by atoms with Crippen LogP contribution in [-0.4, -0.2) is 22.3 Å². The molecule has 92 valence electrons. The highest BCUT2D eigenvalue weighted by atomic mass is 16.5. The number of amides is 2. The SMILES string of the molecule is CCc1ccccc1OC1(C)C(=O)N(C#N)C1=O. The molecule has 1 fully saturated rings. The second kappa shape index (κ2) is 4.15. The molecule has 2 amide bonds. The summed E-state index contributed by atoms with van der Waals surface area (Å²) in [7, 11) is 0. The van der Waals surface area contributed by atoms with Gasteiger partial charge in [-0.25, -0.2) is 0 Å². The minimum atomic E-state index is -1.57. The number of carbonyl (C=O) groups is 2. The van der Waals surface area contributed by atoms with Crippen LogP contribution in [0.15, 0.2) is 24.3 Å². The number of hydrogen-bond donors (Lipinski definition) is 0. The molecule has 0 saturated carbocycles. The van der Waals surface area contributed by atoms with Gasteiger partial charge in [0.25, 0.3) is 17.4 Å². The van der Waals surface area contributed by atoms with Crippen molar-refractivity contribution in [3.8, 4) is 11.9 Å². The van der Waals surface area contributed by atoms with Crippen molar-refractivity contribution in [2.75, 3.05) is 0 Å². The van der Waals surface area contributed by atoms with E-state index in [2.05, 4.69) is 0 Å². The van der Waals surface area contributed by atoms with E-state index in [1.165, 1.54) is 13.1 Å². The highest BCUT2D eigenvalue weighted by Gasteiger charge is 2.61. The first kappa shape index (κ1) is 12.1. The van der Waals surface area contributed by atoms with Crippen LogP contribution in [0.4, 0.5) is 0 Å². The van der Waals surface area contributed by atoms with Gasteiger partial charge in [0.1, 0.15) is 5.75 Å². The van der Waals surface area contributed by atoms with E-state index in [0.29, 0.717) is 10.6 Å². The van der Waals surface area contributed by atoms with Gasteiger partial charge in [-0.2, -0.15) is 10.2 Å². The smallest absolute Gasteiger partial charge is 0.296 e. The summed E-state index contributed by atoms with van der Waals surface area (Å²) in [5, 5.41) is 8.60. The second-order valence-corrected chi connectivity index (χ2v) is 4.14. The number of rotatable bonds is 3. The highest BCUT2D eigenvalue weighted by molar-refractivity contribution is 6.25. The number of ether oxygens (including phenoxy) is 1. The molecule has 0 aromatic heterocycles. The van der Waals surface area contributed by atoms with E-state index in [0.717, 1.165) is 12.0 Å². The van der Waals surface area contributed by atoms with Gasteiger partial charge in [0.2, 0.25) is 0 Å². The number of β-lactam (4-membered cyclic amide) rings is 2. The molecule has 1 aromatic carbocycles. The van der Waals surface area contributed by atoms with Crippen molar-refractivity contribution in [2.24, 2.45) is 0 Å². The molecule has 0 unspecified atom stereocenters. The first-order chi connectivity index (χ1) is 8.54. The fraction of sp³-hybridized carbons (Fsp3) is 0.308. The molecule has 0 aliphatic carbocycles. The molecule has 1 aromatic rings. The molecule has 1 heterocycles. The molecule has 0 radical (unpaired) electrons. The zero-order valence-electron chi connectivity index (χ0n) is 10.1. The lowest BCUT2D eigenvalue weighted by Crippen LogP contribution is -2.70. The fourth-order valence-corrected chi connectivity index (χ4v) is 1.85. The molecule has 5 nitrogen and oxygen atoms in total. The Morgan fingerprint density at radius 2 is 1.94 bits per heavy atom. The predicted molar refractivity (Wildman–Crippen MR) is 62.3 cm³/mol. The predicted octanol–water partition coefficient (Wildman–Crippen LogP) is 1.24. The molecule has 0 N–H and O–H groups in total. The van der Waals surface area contributed by atoms with Gasteiger partial charge < -0.3 is 4.74 Å². The van der Waals surface area contributed by atoms with Gasteiger partial charge >= 0.3 is 0 Å². The molecule has 1 saturated heterocycles. The number of nitriles is 1. The van der Waals surface area contributed by atoms with Crippen molar-refractivity contribution in [3.63, 3.8) is 0 Å². The summed E-state index contributed by atoms with van der Waals surface area (Å²) in [6.45, 7) is 3.34. The van der Waals surface area contributed by atoms with Crippen LogP contribution >= 0.6 is 0 Å². The van der Waals surface area contributed by atoms with Crippen molar-refractivity contribution in [3.05, 3.63) is 29.8 Å². The standard InChI is InChI=1S/C13H12N2O3/c1-3-9-6-4-5-7-10(9)18-13(2)11(16)15(8-14)12(13)17/h4-7H,3H2,1-2H3. The first-order valence-electron chi connectivity index (χ1n) is 5.60. The Morgan fingerprint density at radius 1 is 1.33 bits per heavy atom. The third-order valence-corrected chi connectivity index (χ3v) is 2.99. The molecule has 5 heteroatoms. The Balaban J connectivity index is 2.28. The minimum absolute atomic E-state index is 0.502. The topological polar surface area (TPSA) is 70.4 Å². The van der Waals surface area contributed by atoms with Gasteiger partial charge in [0.05, 0.1) is 0 Å². The zero-order valence-corrected chi connectivity index (χ0v) is 10.1.